The smallest absolute Gasteiger partial charge is 0.194 e. The lowest BCUT2D eigenvalue weighted by Crippen LogP contribution is -2.26. The van der Waals surface area contributed by atoms with E-state index in [0.29, 0.717) is 6.42 Å². The Morgan fingerprint density at radius 1 is 1.29 bits per heavy atom. The number of hydrogen-bond donors (Lipinski definition) is 0. The molecule has 0 fully saturated rings. The van der Waals surface area contributed by atoms with Crippen molar-refractivity contribution in [3.63, 3.8) is 0 Å². The molecule has 0 radical (unpaired) electrons. The van der Waals surface area contributed by atoms with E-state index in [2.05, 4.69) is 0 Å². The summed E-state index contributed by atoms with van der Waals surface area (Å²) in [6.45, 7) is 5.58. The van der Waals surface area contributed by atoms with Crippen LogP contribution < -0.4 is 0 Å². The van der Waals surface area contributed by atoms with Crippen LogP contribution in [0.3, 0.4) is 0 Å². The van der Waals surface area contributed by atoms with Crippen molar-refractivity contribution >= 4 is 9.84 Å². The predicted molar refractivity (Wildman–Crippen MR) is 67.2 cm³/mol. The third-order valence-electron chi connectivity index (χ3n) is 2.97. The van der Waals surface area contributed by atoms with Crippen LogP contribution in [0.5, 0.6) is 0 Å². The van der Waals surface area contributed by atoms with Gasteiger partial charge in [0.25, 0.3) is 0 Å². The zero-order chi connectivity index (χ0) is 13.1. The summed E-state index contributed by atoms with van der Waals surface area (Å²) in [6, 6.07) is 8.55. The highest BCUT2D eigenvalue weighted by molar-refractivity contribution is 7.92. The lowest BCUT2D eigenvalue weighted by molar-refractivity contribution is 0.533. The van der Waals surface area contributed by atoms with Crippen LogP contribution in [0.2, 0.25) is 0 Å². The molecule has 1 aromatic carbocycles. The first kappa shape index (κ1) is 13.7. The van der Waals surface area contributed by atoms with E-state index in [1.54, 1.807) is 31.2 Å². The first-order chi connectivity index (χ1) is 7.93. The van der Waals surface area contributed by atoms with E-state index in [-0.39, 0.29) is 10.8 Å². The zero-order valence-electron chi connectivity index (χ0n) is 10.3. The van der Waals surface area contributed by atoms with E-state index >= 15 is 0 Å². The van der Waals surface area contributed by atoms with Gasteiger partial charge in [-0.2, -0.15) is 5.26 Å². The maximum atomic E-state index is 12.3. The third kappa shape index (κ3) is 2.86. The van der Waals surface area contributed by atoms with Crippen LogP contribution in [-0.4, -0.2) is 13.7 Å². The molecule has 0 bridgehead atoms. The van der Waals surface area contributed by atoms with Crippen molar-refractivity contribution in [2.45, 2.75) is 37.3 Å². The maximum absolute atomic E-state index is 12.3. The fourth-order valence-corrected chi connectivity index (χ4v) is 3.34. The molecule has 0 aliphatic rings. The van der Waals surface area contributed by atoms with Gasteiger partial charge in [-0.3, -0.25) is 0 Å². The van der Waals surface area contributed by atoms with Gasteiger partial charge in [0.15, 0.2) is 15.1 Å². The Hall–Kier alpha value is -1.34. The topological polar surface area (TPSA) is 57.9 Å². The standard InChI is InChI=1S/C13H17NO2S/c1-4-11(3)13(9-14)17(15,16)12-7-5-10(2)6-8-12/h5-8,11,13H,4H2,1-3H3. The van der Waals surface area contributed by atoms with Crippen molar-refractivity contribution in [1.82, 2.24) is 0 Å². The summed E-state index contributed by atoms with van der Waals surface area (Å²) in [4.78, 5) is 0.231. The lowest BCUT2D eigenvalue weighted by Gasteiger charge is -2.16. The Kier molecular flexibility index (Phi) is 4.30. The van der Waals surface area contributed by atoms with Crippen LogP contribution in [-0.2, 0) is 9.84 Å². The second kappa shape index (κ2) is 5.33. The second-order valence-electron chi connectivity index (χ2n) is 4.29. The van der Waals surface area contributed by atoms with Gasteiger partial charge in [0, 0.05) is 0 Å². The van der Waals surface area contributed by atoms with Crippen LogP contribution in [0.15, 0.2) is 29.2 Å². The maximum Gasteiger partial charge on any atom is 0.194 e. The van der Waals surface area contributed by atoms with Crippen LogP contribution in [0.25, 0.3) is 0 Å². The summed E-state index contributed by atoms with van der Waals surface area (Å²) in [7, 11) is -3.54. The Morgan fingerprint density at radius 3 is 2.24 bits per heavy atom. The molecule has 4 heteroatoms. The quantitative estimate of drug-likeness (QED) is 0.826. The highest BCUT2D eigenvalue weighted by Crippen LogP contribution is 2.23. The summed E-state index contributed by atoms with van der Waals surface area (Å²) in [5, 5.41) is 8.09. The van der Waals surface area contributed by atoms with Gasteiger partial charge in [-0.1, -0.05) is 38.0 Å². The van der Waals surface area contributed by atoms with E-state index in [1.807, 2.05) is 19.9 Å². The lowest BCUT2D eigenvalue weighted by atomic mass is 10.1. The number of sulfone groups is 1. The molecular weight excluding hydrogens is 234 g/mol. The van der Waals surface area contributed by atoms with Crippen LogP contribution in [0.4, 0.5) is 0 Å². The number of aryl methyl sites for hydroxylation is 1. The van der Waals surface area contributed by atoms with E-state index in [0.717, 1.165) is 5.56 Å². The molecule has 0 aliphatic carbocycles. The molecule has 0 saturated heterocycles. The molecular formula is C13H17NO2S. The highest BCUT2D eigenvalue weighted by atomic mass is 32.2. The molecule has 2 unspecified atom stereocenters. The van der Waals surface area contributed by atoms with Crippen molar-refractivity contribution in [2.75, 3.05) is 0 Å². The van der Waals surface area contributed by atoms with E-state index in [4.69, 9.17) is 5.26 Å². The average molecular weight is 251 g/mol. The normalized spacial score (nSPS) is 14.9. The first-order valence-electron chi connectivity index (χ1n) is 5.63. The fourth-order valence-electron chi connectivity index (χ4n) is 1.59. The number of nitrogens with zero attached hydrogens (tertiary/aromatic N) is 1. The number of rotatable bonds is 4. The van der Waals surface area contributed by atoms with Crippen molar-refractivity contribution in [3.05, 3.63) is 29.8 Å². The Balaban J connectivity index is 3.19. The minimum atomic E-state index is -3.54. The van der Waals surface area contributed by atoms with Gasteiger partial charge in [-0.05, 0) is 25.0 Å². The van der Waals surface area contributed by atoms with E-state index in [9.17, 15) is 8.42 Å². The molecule has 2 atom stereocenters. The van der Waals surface area contributed by atoms with Crippen molar-refractivity contribution in [3.8, 4) is 6.07 Å². The SMILES string of the molecule is CCC(C)C(C#N)S(=O)(=O)c1ccc(C)cc1. The van der Waals surface area contributed by atoms with Gasteiger partial charge in [0.1, 0.15) is 0 Å². The molecule has 0 saturated carbocycles. The van der Waals surface area contributed by atoms with Gasteiger partial charge in [-0.25, -0.2) is 8.42 Å². The molecule has 0 aliphatic heterocycles. The molecule has 3 nitrogen and oxygen atoms in total. The number of benzene rings is 1. The molecule has 1 aromatic rings. The minimum Gasteiger partial charge on any atom is -0.222 e. The zero-order valence-corrected chi connectivity index (χ0v) is 11.2. The van der Waals surface area contributed by atoms with Gasteiger partial charge in [-0.15, -0.1) is 0 Å². The van der Waals surface area contributed by atoms with Crippen LogP contribution >= 0.6 is 0 Å². The van der Waals surface area contributed by atoms with Gasteiger partial charge in [0.2, 0.25) is 0 Å². The van der Waals surface area contributed by atoms with Crippen LogP contribution in [0, 0.1) is 24.2 Å². The summed E-state index contributed by atoms with van der Waals surface area (Å²) in [5.74, 6) is -0.161. The van der Waals surface area contributed by atoms with Crippen LogP contribution in [0.1, 0.15) is 25.8 Å². The largest absolute Gasteiger partial charge is 0.222 e. The summed E-state index contributed by atoms with van der Waals surface area (Å²) < 4.78 is 24.5. The molecule has 0 amide bonds. The molecule has 0 spiro atoms. The first-order valence-corrected chi connectivity index (χ1v) is 7.18. The number of hydrogen-bond acceptors (Lipinski definition) is 3. The third-order valence-corrected chi connectivity index (χ3v) is 5.14. The fraction of sp³-hybridized carbons (Fsp3) is 0.462. The van der Waals surface area contributed by atoms with Gasteiger partial charge >= 0.3 is 0 Å². The molecule has 17 heavy (non-hydrogen) atoms. The van der Waals surface area contributed by atoms with Crippen molar-refractivity contribution in [1.29, 1.82) is 5.26 Å². The van der Waals surface area contributed by atoms with Gasteiger partial charge in [0.05, 0.1) is 11.0 Å². The van der Waals surface area contributed by atoms with Crippen molar-refractivity contribution in [2.24, 2.45) is 5.92 Å². The second-order valence-corrected chi connectivity index (χ2v) is 6.36. The predicted octanol–water partition coefficient (Wildman–Crippen LogP) is 2.71. The molecule has 0 aromatic heterocycles. The van der Waals surface area contributed by atoms with Crippen molar-refractivity contribution < 1.29 is 8.42 Å². The molecule has 0 N–H and O–H groups in total. The molecule has 1 rings (SSSR count). The highest BCUT2D eigenvalue weighted by Gasteiger charge is 2.31. The number of nitriles is 1. The molecule has 0 heterocycles. The Morgan fingerprint density at radius 2 is 1.82 bits per heavy atom. The Labute approximate surface area is 103 Å². The minimum absolute atomic E-state index is 0.161. The average Bonchev–Trinajstić information content (AvgIpc) is 2.29. The van der Waals surface area contributed by atoms with E-state index < -0.39 is 15.1 Å². The summed E-state index contributed by atoms with van der Waals surface area (Å²) >= 11 is 0. The monoisotopic (exact) mass is 251 g/mol. The molecule has 92 valence electrons. The summed E-state index contributed by atoms with van der Waals surface area (Å²) in [5.41, 5.74) is 1.00. The summed E-state index contributed by atoms with van der Waals surface area (Å²) in [6.07, 6.45) is 0.670. The Bertz CT molecular complexity index is 511. The van der Waals surface area contributed by atoms with E-state index in [1.165, 1.54) is 0 Å². The van der Waals surface area contributed by atoms with Gasteiger partial charge < -0.3 is 0 Å².